The van der Waals surface area contributed by atoms with E-state index in [-0.39, 0.29) is 31.6 Å². The molecular weight excluding hydrogens is 829 g/mol. The highest BCUT2D eigenvalue weighted by Crippen LogP contribution is 2.14. The number of rotatable bonds is 50. The highest BCUT2D eigenvalue weighted by atomic mass is 16.6. The minimum Gasteiger partial charge on any atom is -0.462 e. The van der Waals surface area contributed by atoms with Crippen LogP contribution < -0.4 is 0 Å². The lowest BCUT2D eigenvalue weighted by molar-refractivity contribution is -0.166. The van der Waals surface area contributed by atoms with Gasteiger partial charge in [0, 0.05) is 19.3 Å². The number of hydrogen-bond donors (Lipinski definition) is 0. The fourth-order valence-electron chi connectivity index (χ4n) is 7.58. The van der Waals surface area contributed by atoms with E-state index in [0.29, 0.717) is 19.3 Å². The third-order valence-corrected chi connectivity index (χ3v) is 11.9. The van der Waals surface area contributed by atoms with Gasteiger partial charge in [-0.3, -0.25) is 14.4 Å². The van der Waals surface area contributed by atoms with Crippen LogP contribution >= 0.6 is 0 Å². The van der Waals surface area contributed by atoms with E-state index in [2.05, 4.69) is 99.8 Å². The largest absolute Gasteiger partial charge is 0.462 e. The van der Waals surface area contributed by atoms with Crippen LogP contribution in [0.3, 0.4) is 0 Å². The molecule has 0 unspecified atom stereocenters. The lowest BCUT2D eigenvalue weighted by Gasteiger charge is -2.18. The van der Waals surface area contributed by atoms with Crippen molar-refractivity contribution in [1.82, 2.24) is 0 Å². The fraction of sp³-hybridized carbons (Fsp3) is 0.721. The van der Waals surface area contributed by atoms with Crippen LogP contribution in [0.4, 0.5) is 0 Å². The van der Waals surface area contributed by atoms with Crippen molar-refractivity contribution in [3.63, 3.8) is 0 Å². The van der Waals surface area contributed by atoms with E-state index in [9.17, 15) is 14.4 Å². The second kappa shape index (κ2) is 55.2. The molecular formula is C61H104O6. The highest BCUT2D eigenvalue weighted by Gasteiger charge is 2.19. The zero-order valence-corrected chi connectivity index (χ0v) is 43.9. The molecule has 0 aliphatic carbocycles. The molecule has 0 aromatic rings. The Balaban J connectivity index is 4.45. The van der Waals surface area contributed by atoms with Crippen molar-refractivity contribution in [2.24, 2.45) is 0 Å². The smallest absolute Gasteiger partial charge is 0.306 e. The Morgan fingerprint density at radius 3 is 0.985 bits per heavy atom. The predicted octanol–water partition coefficient (Wildman–Crippen LogP) is 18.8. The number of carbonyl (C=O) groups is 3. The van der Waals surface area contributed by atoms with Gasteiger partial charge in [-0.15, -0.1) is 0 Å². The molecule has 0 N–H and O–H groups in total. The first kappa shape index (κ1) is 63.6. The molecule has 67 heavy (non-hydrogen) atoms. The SMILES string of the molecule is CCCC/C=C\CCCCCCCC(=O)OC[C@@H](COC(=O)CCCCCCCCCCC/C=C\CCCCCCCC)OC(=O)CC/C=C\C/C=C\C/C=C\C/C=C\C/C=C\CCCCC. The number of ether oxygens (including phenoxy) is 3. The van der Waals surface area contributed by atoms with E-state index in [1.165, 1.54) is 141 Å². The van der Waals surface area contributed by atoms with Gasteiger partial charge in [-0.2, -0.15) is 0 Å². The van der Waals surface area contributed by atoms with Gasteiger partial charge in [-0.1, -0.05) is 228 Å². The van der Waals surface area contributed by atoms with Crippen molar-refractivity contribution >= 4 is 17.9 Å². The molecule has 0 saturated carbocycles. The van der Waals surface area contributed by atoms with Gasteiger partial charge in [0.05, 0.1) is 0 Å². The maximum absolute atomic E-state index is 12.8. The van der Waals surface area contributed by atoms with Crippen molar-refractivity contribution in [3.05, 3.63) is 85.1 Å². The molecule has 0 rings (SSSR count). The summed E-state index contributed by atoms with van der Waals surface area (Å²) in [5.74, 6) is -1.00. The average molecular weight is 933 g/mol. The number of hydrogen-bond acceptors (Lipinski definition) is 6. The summed E-state index contributed by atoms with van der Waals surface area (Å²) in [5, 5.41) is 0. The van der Waals surface area contributed by atoms with E-state index < -0.39 is 12.1 Å². The molecule has 0 amide bonds. The van der Waals surface area contributed by atoms with Gasteiger partial charge in [-0.25, -0.2) is 0 Å². The molecule has 0 aromatic carbocycles. The molecule has 0 heterocycles. The summed E-state index contributed by atoms with van der Waals surface area (Å²) < 4.78 is 16.7. The highest BCUT2D eigenvalue weighted by molar-refractivity contribution is 5.71. The van der Waals surface area contributed by atoms with Gasteiger partial charge in [-0.05, 0) is 103 Å². The number of esters is 3. The maximum atomic E-state index is 12.8. The Bertz CT molecular complexity index is 1300. The number of unbranched alkanes of at least 4 members (excludes halogenated alkanes) is 25. The van der Waals surface area contributed by atoms with Gasteiger partial charge >= 0.3 is 17.9 Å². The van der Waals surface area contributed by atoms with Crippen LogP contribution in [-0.2, 0) is 28.6 Å². The Labute approximate surface area is 414 Å². The molecule has 0 bridgehead atoms. The van der Waals surface area contributed by atoms with Crippen molar-refractivity contribution in [1.29, 1.82) is 0 Å². The van der Waals surface area contributed by atoms with Gasteiger partial charge in [0.25, 0.3) is 0 Å². The van der Waals surface area contributed by atoms with Gasteiger partial charge < -0.3 is 14.2 Å². The Morgan fingerprint density at radius 2 is 0.582 bits per heavy atom. The number of allylic oxidation sites excluding steroid dienone is 14. The zero-order valence-electron chi connectivity index (χ0n) is 43.9. The summed E-state index contributed by atoms with van der Waals surface area (Å²) in [6.07, 6.45) is 71.6. The van der Waals surface area contributed by atoms with Crippen LogP contribution in [0.15, 0.2) is 85.1 Å². The van der Waals surface area contributed by atoms with Crippen LogP contribution in [-0.4, -0.2) is 37.2 Å². The monoisotopic (exact) mass is 933 g/mol. The van der Waals surface area contributed by atoms with Crippen molar-refractivity contribution in [2.75, 3.05) is 13.2 Å². The summed E-state index contributed by atoms with van der Waals surface area (Å²) in [6, 6.07) is 0. The second-order valence-electron chi connectivity index (χ2n) is 18.5. The standard InChI is InChI=1S/C61H104O6/c1-4-7-10-13-16-19-22-24-26-28-30-32-34-36-39-42-45-48-51-54-60(63)66-57-58(56-65-59(62)53-50-47-44-41-38-21-18-15-12-9-6-3)67-61(64)55-52-49-46-43-40-37-35-33-31-29-27-25-23-20-17-14-11-8-5-2/h15,17-18,20,24-27,31,33,37,40,46,49,58H,4-14,16,19,21-23,28-30,32,34-36,38-39,41-45,47-48,50-57H2,1-3H3/b18-15-,20-17-,26-24-,27-25-,33-31-,40-37-,49-46-/t58-/m0/s1. The second-order valence-corrected chi connectivity index (χ2v) is 18.5. The lowest BCUT2D eigenvalue weighted by atomic mass is 10.1. The van der Waals surface area contributed by atoms with Crippen LogP contribution in [0, 0.1) is 0 Å². The lowest BCUT2D eigenvalue weighted by Crippen LogP contribution is -2.30. The maximum Gasteiger partial charge on any atom is 0.306 e. The molecule has 0 radical (unpaired) electrons. The van der Waals surface area contributed by atoms with Crippen LogP contribution in [0.25, 0.3) is 0 Å². The molecule has 0 spiro atoms. The molecule has 0 aromatic heterocycles. The van der Waals surface area contributed by atoms with Crippen LogP contribution in [0.5, 0.6) is 0 Å². The summed E-state index contributed by atoms with van der Waals surface area (Å²) in [7, 11) is 0. The Kier molecular flexibility index (Phi) is 52.4. The molecule has 0 aliphatic heterocycles. The Morgan fingerprint density at radius 1 is 0.299 bits per heavy atom. The molecule has 6 nitrogen and oxygen atoms in total. The minimum atomic E-state index is -0.820. The van der Waals surface area contributed by atoms with Crippen molar-refractivity contribution in [3.8, 4) is 0 Å². The van der Waals surface area contributed by atoms with Crippen molar-refractivity contribution in [2.45, 2.75) is 271 Å². The first-order valence-electron chi connectivity index (χ1n) is 28.1. The van der Waals surface area contributed by atoms with E-state index >= 15 is 0 Å². The van der Waals surface area contributed by atoms with Gasteiger partial charge in [0.2, 0.25) is 0 Å². The van der Waals surface area contributed by atoms with E-state index in [1.54, 1.807) is 0 Å². The van der Waals surface area contributed by atoms with E-state index in [1.807, 2.05) is 6.08 Å². The van der Waals surface area contributed by atoms with E-state index in [4.69, 9.17) is 14.2 Å². The normalized spacial score (nSPS) is 12.7. The zero-order chi connectivity index (χ0) is 48.6. The molecule has 0 fully saturated rings. The quantitative estimate of drug-likeness (QED) is 0.0262. The van der Waals surface area contributed by atoms with Crippen LogP contribution in [0.2, 0.25) is 0 Å². The summed E-state index contributed by atoms with van der Waals surface area (Å²) in [6.45, 7) is 6.50. The van der Waals surface area contributed by atoms with Crippen LogP contribution in [0.1, 0.15) is 265 Å². The first-order chi connectivity index (χ1) is 33.0. The summed E-state index contributed by atoms with van der Waals surface area (Å²) in [4.78, 5) is 38.0. The number of carbonyl (C=O) groups excluding carboxylic acids is 3. The topological polar surface area (TPSA) is 78.9 Å². The third-order valence-electron chi connectivity index (χ3n) is 11.9. The van der Waals surface area contributed by atoms with Gasteiger partial charge in [0.15, 0.2) is 6.10 Å². The Hall–Kier alpha value is -3.41. The molecule has 0 aliphatic rings. The average Bonchev–Trinajstić information content (AvgIpc) is 3.33. The van der Waals surface area contributed by atoms with Crippen molar-refractivity contribution < 1.29 is 28.6 Å². The molecule has 1 atom stereocenters. The predicted molar refractivity (Wildman–Crippen MR) is 288 cm³/mol. The summed E-state index contributed by atoms with van der Waals surface area (Å²) >= 11 is 0. The minimum absolute atomic E-state index is 0.110. The first-order valence-corrected chi connectivity index (χ1v) is 28.1. The van der Waals surface area contributed by atoms with E-state index in [0.717, 1.165) is 77.0 Å². The molecule has 384 valence electrons. The molecule has 6 heteroatoms. The summed E-state index contributed by atoms with van der Waals surface area (Å²) in [5.41, 5.74) is 0. The van der Waals surface area contributed by atoms with Gasteiger partial charge in [0.1, 0.15) is 13.2 Å². The fourth-order valence-corrected chi connectivity index (χ4v) is 7.58. The molecule has 0 saturated heterocycles. The third kappa shape index (κ3) is 53.4.